The number of aryl methyl sites for hydroxylation is 1. The van der Waals surface area contributed by atoms with Crippen LogP contribution in [0.3, 0.4) is 0 Å². The Labute approximate surface area is 143 Å². The highest BCUT2D eigenvalue weighted by molar-refractivity contribution is 5.75. The van der Waals surface area contributed by atoms with Gasteiger partial charge in [0.15, 0.2) is 0 Å². The van der Waals surface area contributed by atoms with Gasteiger partial charge in [0.05, 0.1) is 17.1 Å². The van der Waals surface area contributed by atoms with Gasteiger partial charge in [-0.05, 0) is 31.4 Å². The van der Waals surface area contributed by atoms with Crippen molar-refractivity contribution in [3.05, 3.63) is 30.1 Å². The summed E-state index contributed by atoms with van der Waals surface area (Å²) < 4.78 is 2.21. The van der Waals surface area contributed by atoms with Crippen LogP contribution in [0.2, 0.25) is 0 Å². The van der Waals surface area contributed by atoms with Gasteiger partial charge in [0.25, 0.3) is 0 Å². The van der Waals surface area contributed by atoms with Gasteiger partial charge >= 0.3 is 0 Å². The molecule has 1 aliphatic carbocycles. The molecule has 3 atom stereocenters. The molecule has 1 aliphatic heterocycles. The van der Waals surface area contributed by atoms with Crippen molar-refractivity contribution in [2.75, 3.05) is 19.6 Å². The number of aromatic nitrogens is 2. The van der Waals surface area contributed by atoms with Crippen LogP contribution in [0.25, 0.3) is 11.0 Å². The van der Waals surface area contributed by atoms with E-state index in [-0.39, 0.29) is 6.10 Å². The molecule has 2 N–H and O–H groups in total. The summed E-state index contributed by atoms with van der Waals surface area (Å²) in [5.41, 5.74) is 2.29. The third kappa shape index (κ3) is 3.08. The predicted molar refractivity (Wildman–Crippen MR) is 96.0 cm³/mol. The summed E-state index contributed by atoms with van der Waals surface area (Å²) in [7, 11) is 2.11. The van der Waals surface area contributed by atoms with Crippen LogP contribution >= 0.6 is 0 Å². The number of benzene rings is 1. The van der Waals surface area contributed by atoms with Gasteiger partial charge in [0, 0.05) is 45.2 Å². The molecular weight excluding hydrogens is 300 g/mol. The van der Waals surface area contributed by atoms with Crippen LogP contribution in [-0.4, -0.2) is 57.4 Å². The lowest BCUT2D eigenvalue weighted by Crippen LogP contribution is -2.46. The zero-order valence-electron chi connectivity index (χ0n) is 14.5. The fourth-order valence-corrected chi connectivity index (χ4v) is 4.47. The van der Waals surface area contributed by atoms with E-state index in [0.717, 1.165) is 43.8 Å². The lowest BCUT2D eigenvalue weighted by molar-refractivity contribution is 0.150. The number of para-hydroxylation sites is 2. The molecule has 1 saturated heterocycles. The molecule has 2 heterocycles. The number of aliphatic hydroxyl groups excluding tert-OH is 1. The van der Waals surface area contributed by atoms with E-state index in [9.17, 15) is 5.11 Å². The first-order chi connectivity index (χ1) is 11.7. The van der Waals surface area contributed by atoms with Gasteiger partial charge in [0.2, 0.25) is 0 Å². The van der Waals surface area contributed by atoms with E-state index in [4.69, 9.17) is 4.98 Å². The highest BCUT2D eigenvalue weighted by Crippen LogP contribution is 2.27. The maximum absolute atomic E-state index is 9.80. The second-order valence-corrected chi connectivity index (χ2v) is 7.32. The van der Waals surface area contributed by atoms with Crippen LogP contribution in [0.4, 0.5) is 0 Å². The average molecular weight is 328 g/mol. The smallest absolute Gasteiger partial charge is 0.110 e. The molecule has 5 nitrogen and oxygen atoms in total. The highest BCUT2D eigenvalue weighted by Gasteiger charge is 2.35. The van der Waals surface area contributed by atoms with Gasteiger partial charge in [-0.25, -0.2) is 4.98 Å². The first kappa shape index (κ1) is 16.1. The minimum absolute atomic E-state index is 0.119. The zero-order chi connectivity index (χ0) is 16.5. The molecule has 0 bridgehead atoms. The lowest BCUT2D eigenvalue weighted by atomic mass is 10.1. The van der Waals surface area contributed by atoms with Crippen molar-refractivity contribution < 1.29 is 5.11 Å². The van der Waals surface area contributed by atoms with Gasteiger partial charge in [-0.1, -0.05) is 18.6 Å². The van der Waals surface area contributed by atoms with Gasteiger partial charge in [-0.15, -0.1) is 0 Å². The molecular formula is C19H28N4O. The molecule has 1 unspecified atom stereocenters. The number of nitrogens with one attached hydrogen (secondary N) is 1. The largest absolute Gasteiger partial charge is 0.392 e. The highest BCUT2D eigenvalue weighted by atomic mass is 16.3. The van der Waals surface area contributed by atoms with E-state index < -0.39 is 0 Å². The number of β-amino-alcohol motifs (C(OH)–C–C–N with tert-alkyl or cyclic N) is 1. The van der Waals surface area contributed by atoms with Gasteiger partial charge in [-0.3, -0.25) is 4.90 Å². The van der Waals surface area contributed by atoms with Crippen molar-refractivity contribution in [2.24, 2.45) is 7.05 Å². The first-order valence-corrected chi connectivity index (χ1v) is 9.28. The number of nitrogens with zero attached hydrogens (tertiary/aromatic N) is 3. The summed E-state index contributed by atoms with van der Waals surface area (Å²) in [6.07, 6.45) is 5.57. The first-order valence-electron chi connectivity index (χ1n) is 9.28. The fraction of sp³-hybridized carbons (Fsp3) is 0.632. The van der Waals surface area contributed by atoms with Crippen LogP contribution in [0.5, 0.6) is 0 Å². The summed E-state index contributed by atoms with van der Waals surface area (Å²) in [5, 5.41) is 13.6. The number of hydrogen-bond donors (Lipinski definition) is 2. The number of hydrogen-bond acceptors (Lipinski definition) is 4. The second-order valence-electron chi connectivity index (χ2n) is 7.32. The Balaban J connectivity index is 1.35. The quantitative estimate of drug-likeness (QED) is 0.877. The van der Waals surface area contributed by atoms with Crippen LogP contribution in [0.15, 0.2) is 24.3 Å². The maximum Gasteiger partial charge on any atom is 0.110 e. The van der Waals surface area contributed by atoms with Crippen molar-refractivity contribution in [3.8, 4) is 0 Å². The Morgan fingerprint density at radius 2 is 2.12 bits per heavy atom. The van der Waals surface area contributed by atoms with Crippen molar-refractivity contribution in [1.82, 2.24) is 19.8 Å². The summed E-state index contributed by atoms with van der Waals surface area (Å²) in [5.74, 6) is 1.15. The number of fused-ring (bicyclic) bond motifs is 1. The van der Waals surface area contributed by atoms with Gasteiger partial charge in [0.1, 0.15) is 5.82 Å². The Morgan fingerprint density at radius 1 is 1.25 bits per heavy atom. The molecule has 5 heteroatoms. The number of imidazole rings is 1. The molecule has 0 spiro atoms. The summed E-state index contributed by atoms with van der Waals surface area (Å²) >= 11 is 0. The van der Waals surface area contributed by atoms with E-state index in [0.29, 0.717) is 12.1 Å². The summed E-state index contributed by atoms with van der Waals surface area (Å²) in [6.45, 7) is 2.87. The molecule has 4 rings (SSSR count). The molecule has 130 valence electrons. The molecule has 24 heavy (non-hydrogen) atoms. The minimum Gasteiger partial charge on any atom is -0.392 e. The summed E-state index contributed by atoms with van der Waals surface area (Å²) in [6, 6.07) is 9.49. The molecule has 1 aromatic carbocycles. The molecule has 0 radical (unpaired) electrons. The van der Waals surface area contributed by atoms with Crippen molar-refractivity contribution in [1.29, 1.82) is 0 Å². The van der Waals surface area contributed by atoms with Crippen molar-refractivity contribution >= 4 is 11.0 Å². The van der Waals surface area contributed by atoms with E-state index in [1.807, 2.05) is 6.07 Å². The van der Waals surface area contributed by atoms with Crippen LogP contribution in [0, 0.1) is 0 Å². The number of likely N-dealkylation sites (tertiary alicyclic amines) is 1. The van der Waals surface area contributed by atoms with Gasteiger partial charge in [-0.2, -0.15) is 0 Å². The predicted octanol–water partition coefficient (Wildman–Crippen LogP) is 1.69. The zero-order valence-corrected chi connectivity index (χ0v) is 14.5. The Morgan fingerprint density at radius 3 is 2.92 bits per heavy atom. The lowest BCUT2D eigenvalue weighted by Gasteiger charge is -2.29. The number of rotatable bonds is 5. The molecule has 2 aliphatic rings. The van der Waals surface area contributed by atoms with E-state index in [2.05, 4.69) is 40.0 Å². The van der Waals surface area contributed by atoms with Crippen molar-refractivity contribution in [2.45, 2.75) is 50.3 Å². The Hall–Kier alpha value is -1.43. The molecule has 0 amide bonds. The SMILES string of the molecule is Cn1c(CCN[C@@H]2CCC[C@@H]2N2CCC(O)C2)nc2ccccc21. The van der Waals surface area contributed by atoms with Crippen LogP contribution in [0.1, 0.15) is 31.5 Å². The Kier molecular flexibility index (Phi) is 4.57. The fourth-order valence-electron chi connectivity index (χ4n) is 4.47. The van der Waals surface area contributed by atoms with E-state index >= 15 is 0 Å². The molecule has 2 fully saturated rings. The summed E-state index contributed by atoms with van der Waals surface area (Å²) in [4.78, 5) is 7.25. The maximum atomic E-state index is 9.80. The molecule has 2 aromatic rings. The van der Waals surface area contributed by atoms with E-state index in [1.54, 1.807) is 0 Å². The minimum atomic E-state index is -0.119. The molecule has 1 saturated carbocycles. The van der Waals surface area contributed by atoms with Crippen molar-refractivity contribution in [3.63, 3.8) is 0 Å². The third-order valence-electron chi connectivity index (χ3n) is 5.78. The molecule has 1 aromatic heterocycles. The standard InChI is InChI=1S/C19H28N4O/c1-22-17-7-3-2-5-16(17)21-19(22)9-11-20-15-6-4-8-18(15)23-12-10-14(24)13-23/h2-3,5,7,14-15,18,20,24H,4,6,8-13H2,1H3/t14?,15-,18+/m1/s1. The average Bonchev–Trinajstić information content (AvgIpc) is 3.28. The second kappa shape index (κ2) is 6.82. The Bertz CT molecular complexity index is 698. The normalized spacial score (nSPS) is 28.2. The monoisotopic (exact) mass is 328 g/mol. The van der Waals surface area contributed by atoms with E-state index in [1.165, 1.54) is 24.8 Å². The third-order valence-corrected chi connectivity index (χ3v) is 5.78. The topological polar surface area (TPSA) is 53.3 Å². The number of aliphatic hydroxyl groups is 1. The van der Waals surface area contributed by atoms with Crippen LogP contribution < -0.4 is 5.32 Å². The van der Waals surface area contributed by atoms with Gasteiger partial charge < -0.3 is 15.0 Å². The van der Waals surface area contributed by atoms with Crippen LogP contribution in [-0.2, 0) is 13.5 Å².